The predicted octanol–water partition coefficient (Wildman–Crippen LogP) is 2.59. The van der Waals surface area contributed by atoms with Crippen LogP contribution in [0, 0.1) is 0 Å². The van der Waals surface area contributed by atoms with Crippen LogP contribution in [0.15, 0.2) is 30.3 Å². The molecule has 1 amide bonds. The van der Waals surface area contributed by atoms with Crippen molar-refractivity contribution in [2.24, 2.45) is 5.73 Å². The van der Waals surface area contributed by atoms with E-state index in [4.69, 9.17) is 5.73 Å². The maximum Gasteiger partial charge on any atom is 0.222 e. The molecular weight excluding hydrogens is 248 g/mol. The van der Waals surface area contributed by atoms with Gasteiger partial charge in [0.05, 0.1) is 0 Å². The topological polar surface area (TPSA) is 46.3 Å². The minimum Gasteiger partial charge on any atom is -0.338 e. The SMILES string of the molecule is CCCN(Cc1ccccc1)C(=O)CCCN.Cl. The molecule has 3 nitrogen and oxygen atoms in total. The van der Waals surface area contributed by atoms with Crippen molar-refractivity contribution in [1.29, 1.82) is 0 Å². The molecule has 0 radical (unpaired) electrons. The van der Waals surface area contributed by atoms with Gasteiger partial charge in [0.2, 0.25) is 5.91 Å². The van der Waals surface area contributed by atoms with Crippen molar-refractivity contribution < 1.29 is 4.79 Å². The molecule has 0 aliphatic carbocycles. The molecule has 0 fully saturated rings. The Morgan fingerprint density at radius 2 is 1.94 bits per heavy atom. The normalized spacial score (nSPS) is 9.67. The third-order valence-corrected chi connectivity index (χ3v) is 2.66. The van der Waals surface area contributed by atoms with E-state index in [1.54, 1.807) is 0 Å². The summed E-state index contributed by atoms with van der Waals surface area (Å²) in [7, 11) is 0. The van der Waals surface area contributed by atoms with Crippen LogP contribution >= 0.6 is 12.4 Å². The second-order valence-corrected chi connectivity index (χ2v) is 4.19. The van der Waals surface area contributed by atoms with E-state index in [2.05, 4.69) is 19.1 Å². The lowest BCUT2D eigenvalue weighted by Crippen LogP contribution is -2.31. The van der Waals surface area contributed by atoms with Gasteiger partial charge in [0, 0.05) is 19.5 Å². The third-order valence-electron chi connectivity index (χ3n) is 2.66. The van der Waals surface area contributed by atoms with E-state index < -0.39 is 0 Å². The van der Waals surface area contributed by atoms with Gasteiger partial charge in [-0.3, -0.25) is 4.79 Å². The molecule has 0 saturated carbocycles. The summed E-state index contributed by atoms with van der Waals surface area (Å²) in [5, 5.41) is 0. The summed E-state index contributed by atoms with van der Waals surface area (Å²) in [5.41, 5.74) is 6.62. The molecule has 18 heavy (non-hydrogen) atoms. The largest absolute Gasteiger partial charge is 0.338 e. The Bertz CT molecular complexity index is 330. The number of nitrogens with zero attached hydrogens (tertiary/aromatic N) is 1. The summed E-state index contributed by atoms with van der Waals surface area (Å²) in [4.78, 5) is 13.9. The van der Waals surface area contributed by atoms with Gasteiger partial charge in [-0.15, -0.1) is 12.4 Å². The van der Waals surface area contributed by atoms with Crippen molar-refractivity contribution >= 4 is 18.3 Å². The fraction of sp³-hybridized carbons (Fsp3) is 0.500. The molecule has 0 saturated heterocycles. The summed E-state index contributed by atoms with van der Waals surface area (Å²) in [6.07, 6.45) is 2.32. The summed E-state index contributed by atoms with van der Waals surface area (Å²) >= 11 is 0. The van der Waals surface area contributed by atoms with Crippen molar-refractivity contribution in [3.63, 3.8) is 0 Å². The molecule has 0 bridgehead atoms. The van der Waals surface area contributed by atoms with Crippen LogP contribution in [0.4, 0.5) is 0 Å². The van der Waals surface area contributed by atoms with Crippen LogP contribution in [0.25, 0.3) is 0 Å². The van der Waals surface area contributed by atoms with Gasteiger partial charge >= 0.3 is 0 Å². The molecular formula is C14H23ClN2O. The molecule has 102 valence electrons. The van der Waals surface area contributed by atoms with Crippen molar-refractivity contribution in [1.82, 2.24) is 4.90 Å². The quantitative estimate of drug-likeness (QED) is 0.828. The van der Waals surface area contributed by atoms with Gasteiger partial charge in [0.25, 0.3) is 0 Å². The first-order chi connectivity index (χ1) is 8.27. The van der Waals surface area contributed by atoms with Gasteiger partial charge < -0.3 is 10.6 Å². The number of benzene rings is 1. The highest BCUT2D eigenvalue weighted by molar-refractivity contribution is 5.85. The zero-order chi connectivity index (χ0) is 12.5. The molecule has 1 aromatic carbocycles. The van der Waals surface area contributed by atoms with E-state index in [-0.39, 0.29) is 18.3 Å². The van der Waals surface area contributed by atoms with Crippen molar-refractivity contribution in [3.8, 4) is 0 Å². The Hall–Kier alpha value is -1.06. The minimum atomic E-state index is 0. The molecule has 0 unspecified atom stereocenters. The maximum atomic E-state index is 12.0. The minimum absolute atomic E-state index is 0. The van der Waals surface area contributed by atoms with Crippen molar-refractivity contribution in [2.75, 3.05) is 13.1 Å². The molecule has 0 aliphatic rings. The molecule has 0 atom stereocenters. The van der Waals surface area contributed by atoms with Gasteiger partial charge in [-0.05, 0) is 24.9 Å². The lowest BCUT2D eigenvalue weighted by atomic mass is 10.2. The summed E-state index contributed by atoms with van der Waals surface area (Å²) in [5.74, 6) is 0.209. The zero-order valence-corrected chi connectivity index (χ0v) is 11.8. The van der Waals surface area contributed by atoms with Crippen molar-refractivity contribution in [3.05, 3.63) is 35.9 Å². The van der Waals surface area contributed by atoms with Crippen LogP contribution in [0.5, 0.6) is 0 Å². The van der Waals surface area contributed by atoms with E-state index in [0.717, 1.165) is 19.4 Å². The molecule has 0 aromatic heterocycles. The van der Waals surface area contributed by atoms with E-state index in [1.807, 2.05) is 23.1 Å². The first kappa shape index (κ1) is 16.9. The number of halogens is 1. The number of nitrogens with two attached hydrogens (primary N) is 1. The second-order valence-electron chi connectivity index (χ2n) is 4.19. The highest BCUT2D eigenvalue weighted by atomic mass is 35.5. The van der Waals surface area contributed by atoms with Crippen molar-refractivity contribution in [2.45, 2.75) is 32.7 Å². The van der Waals surface area contributed by atoms with Crippen LogP contribution in [0.1, 0.15) is 31.7 Å². The molecule has 2 N–H and O–H groups in total. The average Bonchev–Trinajstić information content (AvgIpc) is 2.36. The fourth-order valence-electron chi connectivity index (χ4n) is 1.78. The highest BCUT2D eigenvalue weighted by Crippen LogP contribution is 2.07. The number of rotatable bonds is 7. The van der Waals surface area contributed by atoms with Crippen LogP contribution < -0.4 is 5.73 Å². The number of carbonyl (C=O) groups is 1. The summed E-state index contributed by atoms with van der Waals surface area (Å²) in [6, 6.07) is 10.1. The average molecular weight is 271 g/mol. The number of hydrogen-bond acceptors (Lipinski definition) is 2. The summed E-state index contributed by atoms with van der Waals surface area (Å²) in [6.45, 7) is 4.20. The smallest absolute Gasteiger partial charge is 0.222 e. The van der Waals surface area contributed by atoms with Crippen LogP contribution in [0.2, 0.25) is 0 Å². The number of amides is 1. The molecule has 4 heteroatoms. The number of carbonyl (C=O) groups excluding carboxylic acids is 1. The predicted molar refractivity (Wildman–Crippen MR) is 77.7 cm³/mol. The Morgan fingerprint density at radius 1 is 1.28 bits per heavy atom. The lowest BCUT2D eigenvalue weighted by molar-refractivity contribution is -0.131. The molecule has 0 aliphatic heterocycles. The zero-order valence-electron chi connectivity index (χ0n) is 11.0. The van der Waals surface area contributed by atoms with E-state index in [0.29, 0.717) is 19.5 Å². The van der Waals surface area contributed by atoms with Gasteiger partial charge in [-0.1, -0.05) is 37.3 Å². The third kappa shape index (κ3) is 6.03. The Morgan fingerprint density at radius 3 is 2.50 bits per heavy atom. The Labute approximate surface area is 116 Å². The Balaban J connectivity index is 0.00000289. The van der Waals surface area contributed by atoms with Crippen LogP contribution in [0.3, 0.4) is 0 Å². The van der Waals surface area contributed by atoms with E-state index in [1.165, 1.54) is 5.56 Å². The molecule has 1 aromatic rings. The van der Waals surface area contributed by atoms with Gasteiger partial charge in [-0.2, -0.15) is 0 Å². The van der Waals surface area contributed by atoms with Gasteiger partial charge in [0.15, 0.2) is 0 Å². The van der Waals surface area contributed by atoms with Gasteiger partial charge in [0.1, 0.15) is 0 Å². The van der Waals surface area contributed by atoms with Crippen LogP contribution in [-0.2, 0) is 11.3 Å². The first-order valence-electron chi connectivity index (χ1n) is 6.29. The fourth-order valence-corrected chi connectivity index (χ4v) is 1.78. The first-order valence-corrected chi connectivity index (χ1v) is 6.29. The maximum absolute atomic E-state index is 12.0. The molecule has 0 heterocycles. The van der Waals surface area contributed by atoms with E-state index >= 15 is 0 Å². The second kappa shape index (κ2) is 9.92. The monoisotopic (exact) mass is 270 g/mol. The summed E-state index contributed by atoms with van der Waals surface area (Å²) < 4.78 is 0. The van der Waals surface area contributed by atoms with Gasteiger partial charge in [-0.25, -0.2) is 0 Å². The standard InChI is InChI=1S/C14H22N2O.ClH/c1-2-11-16(14(17)9-6-10-15)12-13-7-4-3-5-8-13;/h3-5,7-8H,2,6,9-12,15H2,1H3;1H. The number of hydrogen-bond donors (Lipinski definition) is 1. The van der Waals surface area contributed by atoms with E-state index in [9.17, 15) is 4.79 Å². The lowest BCUT2D eigenvalue weighted by Gasteiger charge is -2.22. The Kier molecular flexibility index (Phi) is 9.33. The molecule has 0 spiro atoms. The molecule has 1 rings (SSSR count). The highest BCUT2D eigenvalue weighted by Gasteiger charge is 2.12. The van der Waals surface area contributed by atoms with Crippen LogP contribution in [-0.4, -0.2) is 23.9 Å².